The fraction of sp³-hybridized carbons (Fsp3) is 0.0909. The zero-order valence-electron chi connectivity index (χ0n) is 9.47. The van der Waals surface area contributed by atoms with Crippen molar-refractivity contribution in [1.82, 2.24) is 0 Å². The summed E-state index contributed by atoms with van der Waals surface area (Å²) in [4.78, 5) is 43.5. The number of hydrogen-bond acceptors (Lipinski definition) is 5. The van der Waals surface area contributed by atoms with Gasteiger partial charge in [0, 0.05) is 24.0 Å². The van der Waals surface area contributed by atoms with Crippen LogP contribution in [0, 0.1) is 0 Å². The molecule has 0 saturated heterocycles. The van der Waals surface area contributed by atoms with Crippen LogP contribution in [0.4, 0.5) is 0 Å². The molecule has 0 aliphatic carbocycles. The van der Waals surface area contributed by atoms with Crippen molar-refractivity contribution in [1.29, 1.82) is 0 Å². The number of carboxylic acid groups (broad SMARTS) is 2. The van der Waals surface area contributed by atoms with E-state index in [1.54, 1.807) is 0 Å². The van der Waals surface area contributed by atoms with Crippen LogP contribution in [-0.2, 0) is 26.6 Å². The van der Waals surface area contributed by atoms with Gasteiger partial charge in [0.05, 0.1) is 16.7 Å². The minimum Gasteiger partial charge on any atom is -0.478 e. The number of carbonyl (C=O) groups excluding carboxylic acids is 2. The number of hydrogen-bond donors (Lipinski definition) is 2. The smallest absolute Gasteiger partial charge is 0.345 e. The number of aromatic carboxylic acids is 2. The summed E-state index contributed by atoms with van der Waals surface area (Å²) >= 11 is 0. The van der Waals surface area contributed by atoms with Crippen molar-refractivity contribution in [3.63, 3.8) is 0 Å². The van der Waals surface area contributed by atoms with Gasteiger partial charge in [-0.05, 0) is 18.2 Å². The summed E-state index contributed by atoms with van der Waals surface area (Å²) in [6.45, 7) is 0.997. The minimum absolute atomic E-state index is 0. The first kappa shape index (κ1) is 16.8. The van der Waals surface area contributed by atoms with Crippen molar-refractivity contribution < 1.29 is 51.2 Å². The van der Waals surface area contributed by atoms with Crippen LogP contribution in [0.5, 0.6) is 0 Å². The number of rotatable bonds is 3. The van der Waals surface area contributed by atoms with Crippen LogP contribution < -0.4 is 0 Å². The Morgan fingerprint density at radius 2 is 1.26 bits per heavy atom. The molecular formula is C11H8CuO7. The number of benzene rings is 1. The molecular weight excluding hydrogens is 308 g/mol. The molecule has 1 aromatic rings. The van der Waals surface area contributed by atoms with Crippen LogP contribution in [0.25, 0.3) is 0 Å². The van der Waals surface area contributed by atoms with Gasteiger partial charge in [0.25, 0.3) is 0 Å². The van der Waals surface area contributed by atoms with Gasteiger partial charge in [-0.2, -0.15) is 0 Å². The van der Waals surface area contributed by atoms with Gasteiger partial charge in [0.2, 0.25) is 0 Å². The van der Waals surface area contributed by atoms with E-state index < -0.39 is 23.9 Å². The van der Waals surface area contributed by atoms with Crippen LogP contribution >= 0.6 is 0 Å². The molecule has 0 heterocycles. The first-order valence-electron chi connectivity index (χ1n) is 4.65. The maximum Gasteiger partial charge on any atom is 0.345 e. The molecule has 0 fully saturated rings. The van der Waals surface area contributed by atoms with Gasteiger partial charge in [-0.15, -0.1) is 0 Å². The van der Waals surface area contributed by atoms with Crippen molar-refractivity contribution >= 4 is 23.9 Å². The Morgan fingerprint density at radius 3 is 1.58 bits per heavy atom. The van der Waals surface area contributed by atoms with Crippen molar-refractivity contribution in [2.75, 3.05) is 0 Å². The Morgan fingerprint density at radius 1 is 0.895 bits per heavy atom. The fourth-order valence-corrected chi connectivity index (χ4v) is 1.18. The molecule has 0 unspecified atom stereocenters. The summed E-state index contributed by atoms with van der Waals surface area (Å²) in [6, 6.07) is 2.76. The van der Waals surface area contributed by atoms with Gasteiger partial charge >= 0.3 is 23.9 Å². The summed E-state index contributed by atoms with van der Waals surface area (Å²) in [7, 11) is 0. The summed E-state index contributed by atoms with van der Waals surface area (Å²) in [5, 5.41) is 17.5. The van der Waals surface area contributed by atoms with E-state index in [4.69, 9.17) is 10.2 Å². The minimum atomic E-state index is -1.39. The van der Waals surface area contributed by atoms with Crippen LogP contribution in [0.3, 0.4) is 0 Å². The van der Waals surface area contributed by atoms with Crippen molar-refractivity contribution in [2.45, 2.75) is 6.92 Å². The van der Waals surface area contributed by atoms with E-state index in [1.807, 2.05) is 0 Å². The largest absolute Gasteiger partial charge is 0.478 e. The van der Waals surface area contributed by atoms with E-state index in [9.17, 15) is 19.2 Å². The molecule has 8 heteroatoms. The SMILES string of the molecule is CC(=O)OC(=O)c1cc(C(=O)O)cc(C(=O)O)c1.[Cu]. The standard InChI is InChI=1S/C11H8O7.Cu/c1-5(12)18-11(17)8-3-6(9(13)14)2-7(4-8)10(15)16;/h2-4H,1H3,(H,13,14)(H,15,16);. The van der Waals surface area contributed by atoms with Gasteiger partial charge in [0.15, 0.2) is 0 Å². The topological polar surface area (TPSA) is 118 Å². The molecule has 1 rings (SSSR count). The third-order valence-electron chi connectivity index (χ3n) is 1.90. The number of esters is 2. The second-order valence-corrected chi connectivity index (χ2v) is 3.29. The maximum atomic E-state index is 11.4. The van der Waals surface area contributed by atoms with E-state index in [0.717, 1.165) is 25.1 Å². The predicted octanol–water partition coefficient (Wildman–Crippen LogP) is 0.784. The third kappa shape index (κ3) is 4.53. The molecule has 1 aromatic carbocycles. The molecule has 0 amide bonds. The normalized spacial score (nSPS) is 9.11. The zero-order chi connectivity index (χ0) is 13.9. The average Bonchev–Trinajstić information content (AvgIpc) is 2.27. The van der Waals surface area contributed by atoms with Crippen LogP contribution in [0.2, 0.25) is 0 Å². The Bertz CT molecular complexity index is 518. The van der Waals surface area contributed by atoms with Crippen molar-refractivity contribution in [3.8, 4) is 0 Å². The Hall–Kier alpha value is -2.18. The number of ether oxygens (including phenoxy) is 1. The van der Waals surface area contributed by atoms with E-state index >= 15 is 0 Å². The monoisotopic (exact) mass is 315 g/mol. The fourth-order valence-electron chi connectivity index (χ4n) is 1.18. The maximum absolute atomic E-state index is 11.4. The van der Waals surface area contributed by atoms with E-state index in [0.29, 0.717) is 0 Å². The summed E-state index contributed by atoms with van der Waals surface area (Å²) < 4.78 is 4.24. The predicted molar refractivity (Wildman–Crippen MR) is 56.5 cm³/mol. The first-order valence-corrected chi connectivity index (χ1v) is 4.65. The molecule has 0 bridgehead atoms. The molecule has 0 aliphatic rings. The second kappa shape index (κ2) is 6.67. The molecule has 0 aromatic heterocycles. The molecule has 105 valence electrons. The quantitative estimate of drug-likeness (QED) is 0.480. The molecule has 1 radical (unpaired) electrons. The Labute approximate surface area is 117 Å². The molecule has 0 aliphatic heterocycles. The van der Waals surface area contributed by atoms with Crippen LogP contribution in [-0.4, -0.2) is 34.1 Å². The molecule has 0 saturated carbocycles. The first-order chi connectivity index (χ1) is 8.31. The van der Waals surface area contributed by atoms with Gasteiger partial charge < -0.3 is 14.9 Å². The zero-order valence-corrected chi connectivity index (χ0v) is 10.4. The summed E-state index contributed by atoms with van der Waals surface area (Å²) in [5.41, 5.74) is -1.08. The Balaban J connectivity index is 0.00000324. The van der Waals surface area contributed by atoms with Crippen LogP contribution in [0.1, 0.15) is 38.0 Å². The van der Waals surface area contributed by atoms with Gasteiger partial charge in [-0.3, -0.25) is 4.79 Å². The average molecular weight is 316 g/mol. The molecule has 19 heavy (non-hydrogen) atoms. The number of carboxylic acids is 2. The summed E-state index contributed by atoms with van der Waals surface area (Å²) in [6.07, 6.45) is 0. The third-order valence-corrected chi connectivity index (χ3v) is 1.90. The van der Waals surface area contributed by atoms with Gasteiger partial charge in [-0.1, -0.05) is 0 Å². The van der Waals surface area contributed by atoms with Crippen molar-refractivity contribution in [2.24, 2.45) is 0 Å². The molecule has 7 nitrogen and oxygen atoms in total. The van der Waals surface area contributed by atoms with Gasteiger partial charge in [0.1, 0.15) is 0 Å². The van der Waals surface area contributed by atoms with Gasteiger partial charge in [-0.25, -0.2) is 14.4 Å². The molecule has 2 N–H and O–H groups in total. The number of carbonyl (C=O) groups is 4. The van der Waals surface area contributed by atoms with E-state index in [2.05, 4.69) is 4.74 Å². The summed E-state index contributed by atoms with van der Waals surface area (Å²) in [5.74, 6) is -4.77. The van der Waals surface area contributed by atoms with E-state index in [1.165, 1.54) is 0 Å². The van der Waals surface area contributed by atoms with E-state index in [-0.39, 0.29) is 33.8 Å². The van der Waals surface area contributed by atoms with Crippen LogP contribution in [0.15, 0.2) is 18.2 Å². The molecule has 0 spiro atoms. The van der Waals surface area contributed by atoms with Crippen molar-refractivity contribution in [3.05, 3.63) is 34.9 Å². The molecule has 0 atom stereocenters. The second-order valence-electron chi connectivity index (χ2n) is 3.29. The Kier molecular flexibility index (Phi) is 5.91.